The molecule has 0 radical (unpaired) electrons. The number of carbonyl (C=O) groups excluding carboxylic acids is 2. The van der Waals surface area contributed by atoms with Gasteiger partial charge in [0.25, 0.3) is 5.91 Å². The largest absolute Gasteiger partial charge is 0.368 e. The van der Waals surface area contributed by atoms with E-state index in [1.807, 2.05) is 0 Å². The van der Waals surface area contributed by atoms with Crippen LogP contribution in [0.2, 0.25) is 5.02 Å². The van der Waals surface area contributed by atoms with Gasteiger partial charge in [-0.3, -0.25) is 14.6 Å². The maximum absolute atomic E-state index is 11.9. The molecule has 3 N–H and O–H groups in total. The highest BCUT2D eigenvalue weighted by molar-refractivity contribution is 6.33. The summed E-state index contributed by atoms with van der Waals surface area (Å²) in [6.45, 7) is 3.59. The summed E-state index contributed by atoms with van der Waals surface area (Å²) < 4.78 is 0. The van der Waals surface area contributed by atoms with Crippen LogP contribution in [-0.4, -0.2) is 22.8 Å². The van der Waals surface area contributed by atoms with Crippen molar-refractivity contribution < 1.29 is 9.59 Å². The molecule has 0 fully saturated rings. The molecule has 0 aromatic carbocycles. The lowest BCUT2D eigenvalue weighted by Crippen LogP contribution is -2.47. The molecule has 1 rings (SSSR count). The first-order valence-corrected chi connectivity index (χ1v) is 5.51. The highest BCUT2D eigenvalue weighted by Crippen LogP contribution is 2.13. The third kappa shape index (κ3) is 3.42. The number of primary amides is 1. The van der Waals surface area contributed by atoms with Crippen molar-refractivity contribution in [1.82, 2.24) is 10.3 Å². The number of nitrogens with two attached hydrogens (primary N) is 1. The molecule has 17 heavy (non-hydrogen) atoms. The second kappa shape index (κ2) is 5.63. The molecule has 0 saturated heterocycles. The smallest absolute Gasteiger partial charge is 0.253 e. The zero-order valence-electron chi connectivity index (χ0n) is 9.61. The van der Waals surface area contributed by atoms with Crippen LogP contribution in [0.1, 0.15) is 24.2 Å². The number of halogens is 1. The van der Waals surface area contributed by atoms with Crippen LogP contribution in [-0.2, 0) is 4.79 Å². The molecule has 1 aromatic heterocycles. The van der Waals surface area contributed by atoms with Gasteiger partial charge in [-0.2, -0.15) is 0 Å². The second-order valence-electron chi connectivity index (χ2n) is 3.95. The number of hydrogen-bond donors (Lipinski definition) is 2. The van der Waals surface area contributed by atoms with Crippen LogP contribution in [0.4, 0.5) is 0 Å². The quantitative estimate of drug-likeness (QED) is 0.841. The summed E-state index contributed by atoms with van der Waals surface area (Å²) in [4.78, 5) is 26.8. The van der Waals surface area contributed by atoms with Gasteiger partial charge in [-0.1, -0.05) is 25.4 Å². The summed E-state index contributed by atoms with van der Waals surface area (Å²) >= 11 is 5.82. The van der Waals surface area contributed by atoms with E-state index in [0.717, 1.165) is 0 Å². The van der Waals surface area contributed by atoms with Crippen molar-refractivity contribution in [2.24, 2.45) is 11.7 Å². The molecule has 0 aliphatic rings. The minimum absolute atomic E-state index is 0.0861. The molecule has 0 aliphatic heterocycles. The first-order chi connectivity index (χ1) is 7.93. The Balaban J connectivity index is 2.85. The molecule has 0 bridgehead atoms. The summed E-state index contributed by atoms with van der Waals surface area (Å²) in [5, 5.41) is 2.78. The molecule has 0 spiro atoms. The van der Waals surface area contributed by atoms with Gasteiger partial charge in [-0.05, 0) is 12.0 Å². The lowest BCUT2D eigenvalue weighted by Gasteiger charge is -2.19. The van der Waals surface area contributed by atoms with E-state index in [9.17, 15) is 9.59 Å². The number of rotatable bonds is 4. The molecular formula is C11H14ClN3O2. The molecule has 92 valence electrons. The summed E-state index contributed by atoms with van der Waals surface area (Å²) in [6.07, 6.45) is 2.82. The van der Waals surface area contributed by atoms with Crippen LogP contribution in [0.5, 0.6) is 0 Å². The van der Waals surface area contributed by atoms with Gasteiger partial charge in [-0.15, -0.1) is 0 Å². The number of carbonyl (C=O) groups is 2. The zero-order valence-corrected chi connectivity index (χ0v) is 10.4. The van der Waals surface area contributed by atoms with Gasteiger partial charge in [0.05, 0.1) is 10.6 Å². The Morgan fingerprint density at radius 3 is 2.59 bits per heavy atom. The molecule has 2 amide bonds. The predicted molar refractivity (Wildman–Crippen MR) is 64.5 cm³/mol. The third-order valence-corrected chi connectivity index (χ3v) is 2.58. The standard InChI is InChI=1S/C11H14ClN3O2/c1-6(2)9(10(13)16)15-11(17)7-3-4-14-5-8(7)12/h3-6,9H,1-2H3,(H2,13,16)(H,15,17). The average Bonchev–Trinajstić information content (AvgIpc) is 2.25. The predicted octanol–water partition coefficient (Wildman–Crippen LogP) is 0.975. The van der Waals surface area contributed by atoms with Gasteiger partial charge in [-0.25, -0.2) is 0 Å². The number of nitrogens with zero attached hydrogens (tertiary/aromatic N) is 1. The number of nitrogens with one attached hydrogen (secondary N) is 1. The highest BCUT2D eigenvalue weighted by Gasteiger charge is 2.23. The Hall–Kier alpha value is -1.62. The first kappa shape index (κ1) is 13.4. The average molecular weight is 256 g/mol. The van der Waals surface area contributed by atoms with Gasteiger partial charge >= 0.3 is 0 Å². The summed E-state index contributed by atoms with van der Waals surface area (Å²) in [5.41, 5.74) is 5.47. The molecule has 5 nitrogen and oxygen atoms in total. The Kier molecular flexibility index (Phi) is 4.45. The summed E-state index contributed by atoms with van der Waals surface area (Å²) in [6, 6.07) is 0.766. The van der Waals surface area contributed by atoms with Crippen molar-refractivity contribution in [3.8, 4) is 0 Å². The highest BCUT2D eigenvalue weighted by atomic mass is 35.5. The van der Waals surface area contributed by atoms with Crippen LogP contribution < -0.4 is 11.1 Å². The van der Waals surface area contributed by atoms with Gasteiger partial charge in [0.15, 0.2) is 0 Å². The fourth-order valence-corrected chi connectivity index (χ4v) is 1.55. The maximum Gasteiger partial charge on any atom is 0.253 e. The van der Waals surface area contributed by atoms with Gasteiger partial charge < -0.3 is 11.1 Å². The van der Waals surface area contributed by atoms with E-state index in [0.29, 0.717) is 0 Å². The van der Waals surface area contributed by atoms with E-state index < -0.39 is 17.9 Å². The van der Waals surface area contributed by atoms with E-state index in [4.69, 9.17) is 17.3 Å². The fourth-order valence-electron chi connectivity index (χ4n) is 1.34. The molecule has 0 aliphatic carbocycles. The van der Waals surface area contributed by atoms with Crippen molar-refractivity contribution >= 4 is 23.4 Å². The van der Waals surface area contributed by atoms with E-state index in [-0.39, 0.29) is 16.5 Å². The Morgan fingerprint density at radius 1 is 1.47 bits per heavy atom. The van der Waals surface area contributed by atoms with Crippen LogP contribution in [0.3, 0.4) is 0 Å². The number of pyridine rings is 1. The normalized spacial score (nSPS) is 12.2. The lowest BCUT2D eigenvalue weighted by molar-refractivity contribution is -0.120. The Labute approximate surface area is 104 Å². The molecule has 1 atom stereocenters. The van der Waals surface area contributed by atoms with Crippen molar-refractivity contribution in [1.29, 1.82) is 0 Å². The SMILES string of the molecule is CC(C)C(NC(=O)c1ccncc1Cl)C(N)=O. The van der Waals surface area contributed by atoms with Crippen LogP contribution in [0.25, 0.3) is 0 Å². The molecule has 1 unspecified atom stereocenters. The third-order valence-electron chi connectivity index (χ3n) is 2.28. The van der Waals surface area contributed by atoms with Crippen molar-refractivity contribution in [3.05, 3.63) is 29.0 Å². The van der Waals surface area contributed by atoms with Gasteiger partial charge in [0.1, 0.15) is 6.04 Å². The summed E-state index contributed by atoms with van der Waals surface area (Å²) in [7, 11) is 0. The number of aromatic nitrogens is 1. The molecular weight excluding hydrogens is 242 g/mol. The number of hydrogen-bond acceptors (Lipinski definition) is 3. The molecule has 6 heteroatoms. The van der Waals surface area contributed by atoms with Crippen LogP contribution in [0, 0.1) is 5.92 Å². The topological polar surface area (TPSA) is 85.1 Å². The van der Waals surface area contributed by atoms with Crippen molar-refractivity contribution in [2.45, 2.75) is 19.9 Å². The van der Waals surface area contributed by atoms with Crippen LogP contribution in [0.15, 0.2) is 18.5 Å². The van der Waals surface area contributed by atoms with E-state index in [1.165, 1.54) is 18.5 Å². The van der Waals surface area contributed by atoms with Crippen molar-refractivity contribution in [2.75, 3.05) is 0 Å². The van der Waals surface area contributed by atoms with Gasteiger partial charge in [0.2, 0.25) is 5.91 Å². The van der Waals surface area contributed by atoms with Gasteiger partial charge in [0, 0.05) is 12.4 Å². The maximum atomic E-state index is 11.9. The second-order valence-corrected chi connectivity index (χ2v) is 4.36. The minimum atomic E-state index is -0.716. The fraction of sp³-hybridized carbons (Fsp3) is 0.364. The molecule has 1 heterocycles. The monoisotopic (exact) mass is 255 g/mol. The Morgan fingerprint density at radius 2 is 2.12 bits per heavy atom. The first-order valence-electron chi connectivity index (χ1n) is 5.13. The molecule has 0 saturated carbocycles. The number of amides is 2. The van der Waals surface area contributed by atoms with Crippen molar-refractivity contribution in [3.63, 3.8) is 0 Å². The van der Waals surface area contributed by atoms with E-state index >= 15 is 0 Å². The van der Waals surface area contributed by atoms with E-state index in [1.54, 1.807) is 13.8 Å². The Bertz CT molecular complexity index is 434. The summed E-state index contributed by atoms with van der Waals surface area (Å²) in [5.74, 6) is -1.09. The minimum Gasteiger partial charge on any atom is -0.368 e. The van der Waals surface area contributed by atoms with E-state index in [2.05, 4.69) is 10.3 Å². The zero-order chi connectivity index (χ0) is 13.0. The van der Waals surface area contributed by atoms with Crippen LogP contribution >= 0.6 is 11.6 Å². The lowest BCUT2D eigenvalue weighted by atomic mass is 10.0. The molecule has 1 aromatic rings.